The summed E-state index contributed by atoms with van der Waals surface area (Å²) in [5.41, 5.74) is 2.40. The van der Waals surface area contributed by atoms with Crippen molar-refractivity contribution in [1.82, 2.24) is 0 Å². The van der Waals surface area contributed by atoms with Crippen LogP contribution in [-0.4, -0.2) is 18.3 Å². The number of halogens is 1. The maximum Gasteiger partial charge on any atom is 0.262 e. The Morgan fingerprint density at radius 1 is 1.19 bits per heavy atom. The molecule has 0 radical (unpaired) electrons. The number of aryl methyl sites for hydroxylation is 1. The first-order valence-electron chi connectivity index (χ1n) is 6.42. The van der Waals surface area contributed by atoms with Crippen LogP contribution in [0.3, 0.4) is 0 Å². The molecule has 0 saturated carbocycles. The van der Waals surface area contributed by atoms with Crippen LogP contribution in [0, 0.1) is 6.92 Å². The molecule has 1 heterocycles. The van der Waals surface area contributed by atoms with Crippen molar-refractivity contribution < 1.29 is 14.3 Å². The van der Waals surface area contributed by atoms with E-state index >= 15 is 0 Å². The lowest BCUT2D eigenvalue weighted by atomic mass is 10.0. The first kappa shape index (κ1) is 13.6. The third-order valence-corrected chi connectivity index (χ3v) is 3.72. The average molecular weight is 302 g/mol. The van der Waals surface area contributed by atoms with Gasteiger partial charge >= 0.3 is 0 Å². The number of carbonyl (C=O) groups is 2. The van der Waals surface area contributed by atoms with E-state index in [9.17, 15) is 9.59 Å². The zero-order valence-electron chi connectivity index (χ0n) is 11.3. The molecule has 0 atom stereocenters. The van der Waals surface area contributed by atoms with E-state index in [0.29, 0.717) is 27.6 Å². The molecule has 0 bridgehead atoms. The maximum atomic E-state index is 12.5. The summed E-state index contributed by atoms with van der Waals surface area (Å²) in [7, 11) is 0. The molecule has 0 fully saturated rings. The summed E-state index contributed by atoms with van der Waals surface area (Å²) in [4.78, 5) is 23.8. The second-order valence-corrected chi connectivity index (χ2v) is 5.25. The Morgan fingerprint density at radius 3 is 2.67 bits per heavy atom. The highest BCUT2D eigenvalue weighted by atomic mass is 35.5. The molecule has 1 aliphatic heterocycles. The van der Waals surface area contributed by atoms with Crippen LogP contribution in [0.1, 0.15) is 21.5 Å². The zero-order chi connectivity index (χ0) is 15.0. The molecule has 0 unspecified atom stereocenters. The number of anilines is 1. The van der Waals surface area contributed by atoms with E-state index in [1.165, 1.54) is 0 Å². The van der Waals surface area contributed by atoms with Gasteiger partial charge in [0, 0.05) is 16.1 Å². The SMILES string of the molecule is Cc1cc(C(=O)c2ccc3c(c2)NC(=O)CO3)ccc1Cl. The van der Waals surface area contributed by atoms with E-state index in [1.807, 2.05) is 6.92 Å². The number of ether oxygens (including phenoxy) is 1. The standard InChI is InChI=1S/C16H12ClNO3/c1-9-6-10(2-4-12(9)17)16(20)11-3-5-14-13(7-11)18-15(19)8-21-14/h2-7H,8H2,1H3,(H,18,19). The van der Waals surface area contributed by atoms with Crippen molar-refractivity contribution in [2.75, 3.05) is 11.9 Å². The molecule has 2 aromatic rings. The van der Waals surface area contributed by atoms with E-state index in [4.69, 9.17) is 16.3 Å². The quantitative estimate of drug-likeness (QED) is 0.867. The molecule has 1 amide bonds. The summed E-state index contributed by atoms with van der Waals surface area (Å²) in [6, 6.07) is 10.1. The number of nitrogens with one attached hydrogen (secondary N) is 1. The number of ketones is 1. The normalized spacial score (nSPS) is 13.1. The molecular weight excluding hydrogens is 290 g/mol. The lowest BCUT2D eigenvalue weighted by molar-refractivity contribution is -0.118. The van der Waals surface area contributed by atoms with Crippen LogP contribution in [0.25, 0.3) is 0 Å². The molecule has 0 spiro atoms. The smallest absolute Gasteiger partial charge is 0.262 e. The molecule has 0 aliphatic carbocycles. The molecule has 4 nitrogen and oxygen atoms in total. The maximum absolute atomic E-state index is 12.5. The molecule has 2 aromatic carbocycles. The van der Waals surface area contributed by atoms with Gasteiger partial charge in [0.15, 0.2) is 12.4 Å². The van der Waals surface area contributed by atoms with Crippen molar-refractivity contribution in [2.45, 2.75) is 6.92 Å². The zero-order valence-corrected chi connectivity index (χ0v) is 12.0. The Morgan fingerprint density at radius 2 is 1.90 bits per heavy atom. The van der Waals surface area contributed by atoms with Crippen molar-refractivity contribution in [2.24, 2.45) is 0 Å². The summed E-state index contributed by atoms with van der Waals surface area (Å²) in [5, 5.41) is 3.31. The van der Waals surface area contributed by atoms with Crippen LogP contribution < -0.4 is 10.1 Å². The molecule has 3 rings (SSSR count). The van der Waals surface area contributed by atoms with Gasteiger partial charge in [-0.15, -0.1) is 0 Å². The van der Waals surface area contributed by atoms with Crippen molar-refractivity contribution in [3.63, 3.8) is 0 Å². The summed E-state index contributed by atoms with van der Waals surface area (Å²) in [5.74, 6) is 0.213. The second-order valence-electron chi connectivity index (χ2n) is 4.84. The summed E-state index contributed by atoms with van der Waals surface area (Å²) >= 11 is 5.97. The molecule has 106 valence electrons. The number of rotatable bonds is 2. The molecule has 1 N–H and O–H groups in total. The van der Waals surface area contributed by atoms with Crippen LogP contribution >= 0.6 is 11.6 Å². The predicted octanol–water partition coefficient (Wildman–Crippen LogP) is 3.21. The fraction of sp³-hybridized carbons (Fsp3) is 0.125. The van der Waals surface area contributed by atoms with E-state index in [1.54, 1.807) is 36.4 Å². The van der Waals surface area contributed by atoms with E-state index in [2.05, 4.69) is 5.32 Å². The summed E-state index contributed by atoms with van der Waals surface area (Å²) in [6.45, 7) is 1.84. The van der Waals surface area contributed by atoms with Gasteiger partial charge in [0.1, 0.15) is 5.75 Å². The number of fused-ring (bicyclic) bond motifs is 1. The Kier molecular flexibility index (Phi) is 3.39. The molecular formula is C16H12ClNO3. The van der Waals surface area contributed by atoms with Gasteiger partial charge in [-0.05, 0) is 48.9 Å². The van der Waals surface area contributed by atoms with Crippen LogP contribution in [0.15, 0.2) is 36.4 Å². The van der Waals surface area contributed by atoms with Crippen LogP contribution in [0.5, 0.6) is 5.75 Å². The van der Waals surface area contributed by atoms with Gasteiger partial charge in [0.2, 0.25) is 0 Å². The van der Waals surface area contributed by atoms with Gasteiger partial charge in [-0.1, -0.05) is 11.6 Å². The Hall–Kier alpha value is -2.33. The molecule has 0 saturated heterocycles. The first-order chi connectivity index (χ1) is 10.0. The van der Waals surface area contributed by atoms with Gasteiger partial charge in [0.05, 0.1) is 5.69 Å². The summed E-state index contributed by atoms with van der Waals surface area (Å²) < 4.78 is 5.27. The van der Waals surface area contributed by atoms with Crippen molar-refractivity contribution >= 4 is 29.0 Å². The lowest BCUT2D eigenvalue weighted by Crippen LogP contribution is -2.25. The van der Waals surface area contributed by atoms with Crippen molar-refractivity contribution in [3.8, 4) is 5.75 Å². The topological polar surface area (TPSA) is 55.4 Å². The Labute approximate surface area is 126 Å². The molecule has 21 heavy (non-hydrogen) atoms. The van der Waals surface area contributed by atoms with Gasteiger partial charge < -0.3 is 10.1 Å². The van der Waals surface area contributed by atoms with Gasteiger partial charge in [0.25, 0.3) is 5.91 Å². The monoisotopic (exact) mass is 301 g/mol. The molecule has 1 aliphatic rings. The average Bonchev–Trinajstić information content (AvgIpc) is 2.48. The predicted molar refractivity (Wildman–Crippen MR) is 80.2 cm³/mol. The van der Waals surface area contributed by atoms with Crippen molar-refractivity contribution in [3.05, 3.63) is 58.1 Å². The summed E-state index contributed by atoms with van der Waals surface area (Å²) in [6.07, 6.45) is 0. The minimum atomic E-state index is -0.227. The highest BCUT2D eigenvalue weighted by Gasteiger charge is 2.18. The lowest BCUT2D eigenvalue weighted by Gasteiger charge is -2.18. The first-order valence-corrected chi connectivity index (χ1v) is 6.80. The fourth-order valence-electron chi connectivity index (χ4n) is 2.18. The molecule has 5 heteroatoms. The highest BCUT2D eigenvalue weighted by molar-refractivity contribution is 6.31. The Bertz CT molecular complexity index is 755. The number of benzene rings is 2. The number of carbonyl (C=O) groups excluding carboxylic acids is 2. The highest BCUT2D eigenvalue weighted by Crippen LogP contribution is 2.29. The van der Waals surface area contributed by atoms with E-state index < -0.39 is 0 Å². The second kappa shape index (κ2) is 5.22. The largest absolute Gasteiger partial charge is 0.482 e. The number of amides is 1. The Balaban J connectivity index is 1.96. The van der Waals surface area contributed by atoms with Crippen molar-refractivity contribution in [1.29, 1.82) is 0 Å². The van der Waals surface area contributed by atoms with Gasteiger partial charge in [-0.25, -0.2) is 0 Å². The van der Waals surface area contributed by atoms with E-state index in [0.717, 1.165) is 5.56 Å². The van der Waals surface area contributed by atoms with Crippen LogP contribution in [0.4, 0.5) is 5.69 Å². The van der Waals surface area contributed by atoms with E-state index in [-0.39, 0.29) is 18.3 Å². The fourth-order valence-corrected chi connectivity index (χ4v) is 2.29. The molecule has 0 aromatic heterocycles. The third-order valence-electron chi connectivity index (χ3n) is 3.29. The van der Waals surface area contributed by atoms with Gasteiger partial charge in [-0.3, -0.25) is 9.59 Å². The minimum Gasteiger partial charge on any atom is -0.482 e. The van der Waals surface area contributed by atoms with Crippen LogP contribution in [0.2, 0.25) is 5.02 Å². The third kappa shape index (κ3) is 2.62. The number of hydrogen-bond acceptors (Lipinski definition) is 3. The minimum absolute atomic E-state index is 0.00330. The number of hydrogen-bond donors (Lipinski definition) is 1. The van der Waals surface area contributed by atoms with Crippen LogP contribution in [-0.2, 0) is 4.79 Å². The van der Waals surface area contributed by atoms with Gasteiger partial charge in [-0.2, -0.15) is 0 Å².